The van der Waals surface area contributed by atoms with E-state index < -0.39 is 11.8 Å². The van der Waals surface area contributed by atoms with E-state index in [0.29, 0.717) is 6.61 Å². The number of carbonyl (C=O) groups is 1. The van der Waals surface area contributed by atoms with Gasteiger partial charge >= 0.3 is 5.97 Å². The van der Waals surface area contributed by atoms with E-state index in [1.807, 2.05) is 6.92 Å². The van der Waals surface area contributed by atoms with Crippen molar-refractivity contribution in [2.75, 3.05) is 38.5 Å². The van der Waals surface area contributed by atoms with Crippen LogP contribution in [0, 0.1) is 5.82 Å². The van der Waals surface area contributed by atoms with Crippen molar-refractivity contribution >= 4 is 17.3 Å². The number of rotatable bonds is 5. The highest BCUT2D eigenvalue weighted by atomic mass is 19.1. The fourth-order valence-electron chi connectivity index (χ4n) is 1.72. The molecule has 0 saturated heterocycles. The minimum Gasteiger partial charge on any atom is -0.465 e. The Kier molecular flexibility index (Phi) is 5.11. The molecule has 1 rings (SSSR count). The van der Waals surface area contributed by atoms with Crippen molar-refractivity contribution in [2.24, 2.45) is 0 Å². The molecule has 0 aliphatic carbocycles. The summed E-state index contributed by atoms with van der Waals surface area (Å²) in [4.78, 5) is 13.2. The molecule has 0 amide bonds. The summed E-state index contributed by atoms with van der Waals surface area (Å²) in [6.45, 7) is 2.32. The fraction of sp³-hybridized carbons (Fsp3) is 0.462. The van der Waals surface area contributed by atoms with Crippen molar-refractivity contribution in [1.29, 1.82) is 0 Å². The predicted molar refractivity (Wildman–Crippen MR) is 71.9 cm³/mol. The van der Waals surface area contributed by atoms with Crippen LogP contribution in [-0.2, 0) is 9.47 Å². The van der Waals surface area contributed by atoms with Gasteiger partial charge in [-0.25, -0.2) is 9.18 Å². The van der Waals surface area contributed by atoms with Crippen molar-refractivity contribution < 1.29 is 18.7 Å². The number of hydrogen-bond acceptors (Lipinski definition) is 5. The minimum atomic E-state index is -0.591. The Labute approximate surface area is 112 Å². The van der Waals surface area contributed by atoms with Gasteiger partial charge in [0.2, 0.25) is 0 Å². The molecular weight excluding hydrogens is 251 g/mol. The summed E-state index contributed by atoms with van der Waals surface area (Å²) in [6.07, 6.45) is 0. The van der Waals surface area contributed by atoms with Crippen molar-refractivity contribution in [3.8, 4) is 0 Å². The second kappa shape index (κ2) is 6.38. The molecule has 0 aliphatic heterocycles. The standard InChI is InChI=1S/C13H19FN2O3/c1-8(7-18-3)16(2)12-5-9(13(17)19-4)11(15)6-10(12)14/h5-6,8H,7,15H2,1-4H3. The largest absolute Gasteiger partial charge is 0.465 e. The Morgan fingerprint density at radius 1 is 1.47 bits per heavy atom. The first kappa shape index (κ1) is 15.2. The maximum absolute atomic E-state index is 13.9. The van der Waals surface area contributed by atoms with E-state index in [0.717, 1.165) is 6.07 Å². The van der Waals surface area contributed by atoms with Crippen molar-refractivity contribution in [2.45, 2.75) is 13.0 Å². The van der Waals surface area contributed by atoms with E-state index in [4.69, 9.17) is 10.5 Å². The number of hydrogen-bond donors (Lipinski definition) is 1. The van der Waals surface area contributed by atoms with Crippen molar-refractivity contribution in [3.05, 3.63) is 23.5 Å². The van der Waals surface area contributed by atoms with Crippen LogP contribution in [0.25, 0.3) is 0 Å². The maximum atomic E-state index is 13.9. The van der Waals surface area contributed by atoms with Crippen LogP contribution in [0.15, 0.2) is 12.1 Å². The lowest BCUT2D eigenvalue weighted by molar-refractivity contribution is 0.0602. The van der Waals surface area contributed by atoms with Crippen molar-refractivity contribution in [3.63, 3.8) is 0 Å². The SMILES string of the molecule is COCC(C)N(C)c1cc(C(=O)OC)c(N)cc1F. The van der Waals surface area contributed by atoms with Gasteiger partial charge in [-0.15, -0.1) is 0 Å². The van der Waals surface area contributed by atoms with E-state index in [9.17, 15) is 9.18 Å². The van der Waals surface area contributed by atoms with Crippen LogP contribution in [0.3, 0.4) is 0 Å². The number of ether oxygens (including phenoxy) is 2. The summed E-state index contributed by atoms with van der Waals surface area (Å²) in [5.74, 6) is -1.08. The van der Waals surface area contributed by atoms with E-state index in [2.05, 4.69) is 4.74 Å². The molecule has 6 heteroatoms. The highest BCUT2D eigenvalue weighted by Gasteiger charge is 2.19. The number of carbonyl (C=O) groups excluding carboxylic acids is 1. The highest BCUT2D eigenvalue weighted by Crippen LogP contribution is 2.26. The van der Waals surface area contributed by atoms with Crippen LogP contribution in [0.2, 0.25) is 0 Å². The first-order valence-corrected chi connectivity index (χ1v) is 5.81. The summed E-state index contributed by atoms with van der Waals surface area (Å²) in [6, 6.07) is 2.47. The fourth-order valence-corrected chi connectivity index (χ4v) is 1.72. The summed E-state index contributed by atoms with van der Waals surface area (Å²) in [7, 11) is 4.55. The van der Waals surface area contributed by atoms with Gasteiger partial charge in [-0.1, -0.05) is 0 Å². The zero-order chi connectivity index (χ0) is 14.6. The molecule has 1 atom stereocenters. The Bertz CT molecular complexity index is 465. The zero-order valence-corrected chi connectivity index (χ0v) is 11.6. The predicted octanol–water partition coefficient (Wildman–Crippen LogP) is 1.67. The summed E-state index contributed by atoms with van der Waals surface area (Å²) in [5, 5.41) is 0. The van der Waals surface area contributed by atoms with E-state index in [-0.39, 0.29) is 23.0 Å². The topological polar surface area (TPSA) is 64.8 Å². The average Bonchev–Trinajstić information content (AvgIpc) is 2.37. The highest BCUT2D eigenvalue weighted by molar-refractivity contribution is 5.96. The first-order valence-electron chi connectivity index (χ1n) is 5.81. The number of nitrogens with zero attached hydrogens (tertiary/aromatic N) is 1. The molecule has 0 spiro atoms. The molecule has 0 bridgehead atoms. The molecule has 2 N–H and O–H groups in total. The number of likely N-dealkylation sites (N-methyl/N-ethyl adjacent to an activating group) is 1. The summed E-state index contributed by atoms with van der Waals surface area (Å²) < 4.78 is 23.6. The second-order valence-electron chi connectivity index (χ2n) is 4.30. The molecule has 1 aromatic carbocycles. The average molecular weight is 270 g/mol. The van der Waals surface area contributed by atoms with Crippen molar-refractivity contribution in [1.82, 2.24) is 0 Å². The Hall–Kier alpha value is -1.82. The van der Waals surface area contributed by atoms with Gasteiger partial charge in [0.1, 0.15) is 5.82 Å². The van der Waals surface area contributed by atoms with Gasteiger partial charge in [0, 0.05) is 25.9 Å². The molecule has 0 aromatic heterocycles. The molecule has 0 fully saturated rings. The van der Waals surface area contributed by atoms with Crippen LogP contribution < -0.4 is 10.6 Å². The third kappa shape index (κ3) is 3.35. The minimum absolute atomic E-state index is 0.0476. The van der Waals surface area contributed by atoms with Gasteiger partial charge in [-0.2, -0.15) is 0 Å². The number of methoxy groups -OCH3 is 2. The van der Waals surface area contributed by atoms with Gasteiger partial charge in [0.15, 0.2) is 0 Å². The number of esters is 1. The molecule has 19 heavy (non-hydrogen) atoms. The molecule has 0 radical (unpaired) electrons. The quantitative estimate of drug-likeness (QED) is 0.651. The summed E-state index contributed by atoms with van der Waals surface area (Å²) >= 11 is 0. The number of nitrogens with two attached hydrogens (primary N) is 1. The number of halogens is 1. The molecule has 1 unspecified atom stereocenters. The maximum Gasteiger partial charge on any atom is 0.340 e. The van der Waals surface area contributed by atoms with Gasteiger partial charge in [0.25, 0.3) is 0 Å². The lowest BCUT2D eigenvalue weighted by atomic mass is 10.1. The molecule has 0 aliphatic rings. The Morgan fingerprint density at radius 3 is 2.63 bits per heavy atom. The van der Waals surface area contributed by atoms with Gasteiger partial charge in [-0.05, 0) is 19.1 Å². The number of anilines is 2. The molecular formula is C13H19FN2O3. The number of nitrogen functional groups attached to an aromatic ring is 1. The Balaban J connectivity index is 3.17. The second-order valence-corrected chi connectivity index (χ2v) is 4.30. The van der Waals surface area contributed by atoms with Crippen LogP contribution in [0.5, 0.6) is 0 Å². The zero-order valence-electron chi connectivity index (χ0n) is 11.6. The van der Waals surface area contributed by atoms with Crippen LogP contribution in [0.4, 0.5) is 15.8 Å². The smallest absolute Gasteiger partial charge is 0.340 e. The van der Waals surface area contributed by atoms with Gasteiger partial charge in [-0.3, -0.25) is 0 Å². The van der Waals surface area contributed by atoms with Gasteiger partial charge < -0.3 is 20.1 Å². The summed E-state index contributed by atoms with van der Waals surface area (Å²) in [5.41, 5.74) is 6.10. The molecule has 0 heterocycles. The van der Waals surface area contributed by atoms with Gasteiger partial charge in [0.05, 0.1) is 25.0 Å². The lowest BCUT2D eigenvalue weighted by Gasteiger charge is -2.27. The van der Waals surface area contributed by atoms with Crippen LogP contribution in [-0.4, -0.2) is 39.9 Å². The van der Waals surface area contributed by atoms with Crippen LogP contribution >= 0.6 is 0 Å². The van der Waals surface area contributed by atoms with E-state index in [1.54, 1.807) is 19.1 Å². The number of benzene rings is 1. The first-order chi connectivity index (χ1) is 8.92. The normalized spacial score (nSPS) is 12.1. The lowest BCUT2D eigenvalue weighted by Crippen LogP contribution is -2.33. The molecule has 106 valence electrons. The van der Waals surface area contributed by atoms with E-state index in [1.165, 1.54) is 13.2 Å². The monoisotopic (exact) mass is 270 g/mol. The van der Waals surface area contributed by atoms with Crippen LogP contribution in [0.1, 0.15) is 17.3 Å². The molecule has 0 saturated carbocycles. The van der Waals surface area contributed by atoms with E-state index >= 15 is 0 Å². The third-order valence-electron chi connectivity index (χ3n) is 2.97. The molecule has 1 aromatic rings. The Morgan fingerprint density at radius 2 is 2.11 bits per heavy atom. The molecule has 5 nitrogen and oxygen atoms in total. The third-order valence-corrected chi connectivity index (χ3v) is 2.97.